The quantitative estimate of drug-likeness (QED) is 0.117. The number of ether oxygens (including phenoxy) is 2. The van der Waals surface area contributed by atoms with Gasteiger partial charge in [-0.3, -0.25) is 14.9 Å². The Balaban J connectivity index is 1.87. The van der Waals surface area contributed by atoms with Gasteiger partial charge < -0.3 is 14.8 Å². The molecule has 3 aromatic carbocycles. The lowest BCUT2D eigenvalue weighted by Crippen LogP contribution is -2.13. The number of nitro groups is 1. The number of carbonyl (C=O) groups excluding carboxylic acids is 1. The van der Waals surface area contributed by atoms with E-state index in [1.54, 1.807) is 54.6 Å². The van der Waals surface area contributed by atoms with Crippen LogP contribution in [0.15, 0.2) is 78.9 Å². The first-order valence-electron chi connectivity index (χ1n) is 10.7. The summed E-state index contributed by atoms with van der Waals surface area (Å²) in [6, 6.07) is 18.0. The van der Waals surface area contributed by atoms with Gasteiger partial charge in [0.25, 0.3) is 11.6 Å². The van der Waals surface area contributed by atoms with Crippen LogP contribution in [0.25, 0.3) is 6.08 Å². The number of amides is 1. The first kappa shape index (κ1) is 26.0. The molecule has 0 aliphatic carbocycles. The molecular formula is C27H22ClN3O5. The number of non-ortho nitro benzene ring substituents is 1. The van der Waals surface area contributed by atoms with Crippen LogP contribution in [0, 0.1) is 21.4 Å². The van der Waals surface area contributed by atoms with E-state index in [2.05, 4.69) is 11.9 Å². The van der Waals surface area contributed by atoms with Gasteiger partial charge in [-0.05, 0) is 66.1 Å². The summed E-state index contributed by atoms with van der Waals surface area (Å²) in [7, 11) is 1.48. The van der Waals surface area contributed by atoms with E-state index < -0.39 is 10.8 Å². The molecule has 0 spiro atoms. The highest BCUT2D eigenvalue weighted by Crippen LogP contribution is 2.35. The topological polar surface area (TPSA) is 114 Å². The number of rotatable bonds is 10. The average molecular weight is 504 g/mol. The number of anilines is 1. The molecule has 8 nitrogen and oxygen atoms in total. The molecule has 0 saturated heterocycles. The standard InChI is InChI=1S/C27H22ClN3O5/c1-3-5-20-12-19(13-21(16-29)27(32)30-23-7-4-6-22(28)15-23)14-25(35-2)26(20)36-17-18-8-10-24(11-9-18)31(33)34/h3-4,6-15H,1,5,17H2,2H3,(H,30,32)/b21-13+. The Morgan fingerprint density at radius 2 is 1.97 bits per heavy atom. The lowest BCUT2D eigenvalue weighted by atomic mass is 10.0. The predicted molar refractivity (Wildman–Crippen MR) is 138 cm³/mol. The molecule has 0 aromatic heterocycles. The summed E-state index contributed by atoms with van der Waals surface area (Å²) >= 11 is 5.96. The molecule has 182 valence electrons. The van der Waals surface area contributed by atoms with Gasteiger partial charge in [-0.1, -0.05) is 23.7 Å². The molecule has 0 bridgehead atoms. The van der Waals surface area contributed by atoms with E-state index in [-0.39, 0.29) is 17.9 Å². The number of hydrogen-bond acceptors (Lipinski definition) is 6. The maximum Gasteiger partial charge on any atom is 0.269 e. The van der Waals surface area contributed by atoms with Crippen molar-refractivity contribution in [2.45, 2.75) is 13.0 Å². The van der Waals surface area contributed by atoms with Gasteiger partial charge in [0.15, 0.2) is 11.5 Å². The van der Waals surface area contributed by atoms with Gasteiger partial charge in [0.1, 0.15) is 18.2 Å². The molecule has 0 heterocycles. The predicted octanol–water partition coefficient (Wildman–Crippen LogP) is 6.11. The Hall–Kier alpha value is -4.61. The molecule has 0 atom stereocenters. The SMILES string of the molecule is C=CCc1cc(/C=C(\C#N)C(=O)Nc2cccc(Cl)c2)cc(OC)c1OCc1ccc([N+](=O)[O-])cc1. The van der Waals surface area contributed by atoms with Crippen LogP contribution in [0.2, 0.25) is 5.02 Å². The van der Waals surface area contributed by atoms with Gasteiger partial charge in [0.05, 0.1) is 12.0 Å². The maximum absolute atomic E-state index is 12.7. The third-order valence-corrected chi connectivity index (χ3v) is 5.26. The summed E-state index contributed by atoms with van der Waals surface area (Å²) in [6.07, 6.45) is 3.58. The Morgan fingerprint density at radius 1 is 1.22 bits per heavy atom. The van der Waals surface area contributed by atoms with Gasteiger partial charge in [-0.2, -0.15) is 5.26 Å². The number of nitrogens with zero attached hydrogens (tertiary/aromatic N) is 2. The van der Waals surface area contributed by atoms with Crippen LogP contribution >= 0.6 is 11.6 Å². The van der Waals surface area contributed by atoms with Gasteiger partial charge in [-0.15, -0.1) is 6.58 Å². The van der Waals surface area contributed by atoms with E-state index >= 15 is 0 Å². The van der Waals surface area contributed by atoms with Crippen LogP contribution in [-0.2, 0) is 17.8 Å². The highest BCUT2D eigenvalue weighted by molar-refractivity contribution is 6.31. The van der Waals surface area contributed by atoms with Gasteiger partial charge >= 0.3 is 0 Å². The Labute approximate surface area is 213 Å². The number of nitrogens with one attached hydrogen (secondary N) is 1. The highest BCUT2D eigenvalue weighted by atomic mass is 35.5. The number of halogens is 1. The molecule has 3 aromatic rings. The molecule has 0 fully saturated rings. The average Bonchev–Trinajstić information content (AvgIpc) is 2.86. The summed E-state index contributed by atoms with van der Waals surface area (Å²) in [4.78, 5) is 23.1. The third kappa shape index (κ3) is 6.72. The van der Waals surface area contributed by atoms with E-state index in [4.69, 9.17) is 21.1 Å². The second-order valence-electron chi connectivity index (χ2n) is 7.55. The van der Waals surface area contributed by atoms with Crippen LogP contribution in [0.5, 0.6) is 11.5 Å². The first-order valence-corrected chi connectivity index (χ1v) is 11.1. The highest BCUT2D eigenvalue weighted by Gasteiger charge is 2.15. The number of nitriles is 1. The van der Waals surface area contributed by atoms with Crippen LogP contribution in [0.3, 0.4) is 0 Å². The fraction of sp³-hybridized carbons (Fsp3) is 0.111. The minimum absolute atomic E-state index is 0.00693. The van der Waals surface area contributed by atoms with Crippen molar-refractivity contribution in [3.8, 4) is 17.6 Å². The lowest BCUT2D eigenvalue weighted by Gasteiger charge is -2.16. The third-order valence-electron chi connectivity index (χ3n) is 5.03. The summed E-state index contributed by atoms with van der Waals surface area (Å²) < 4.78 is 11.5. The minimum Gasteiger partial charge on any atom is -0.493 e. The molecule has 36 heavy (non-hydrogen) atoms. The first-order chi connectivity index (χ1) is 17.3. The van der Waals surface area contributed by atoms with E-state index in [0.717, 1.165) is 11.1 Å². The Morgan fingerprint density at radius 3 is 2.58 bits per heavy atom. The molecule has 0 aliphatic rings. The number of hydrogen-bond donors (Lipinski definition) is 1. The van der Waals surface area contributed by atoms with Crippen molar-refractivity contribution in [3.05, 3.63) is 111 Å². The van der Waals surface area contributed by atoms with Crippen molar-refractivity contribution >= 4 is 35.0 Å². The molecule has 0 aliphatic heterocycles. The monoisotopic (exact) mass is 503 g/mol. The van der Waals surface area contributed by atoms with Crippen LogP contribution in [0.4, 0.5) is 11.4 Å². The van der Waals surface area contributed by atoms with Crippen LogP contribution < -0.4 is 14.8 Å². The van der Waals surface area contributed by atoms with Crippen molar-refractivity contribution in [2.75, 3.05) is 12.4 Å². The summed E-state index contributed by atoms with van der Waals surface area (Å²) in [5.41, 5.74) is 2.37. The summed E-state index contributed by atoms with van der Waals surface area (Å²) in [6.45, 7) is 3.94. The van der Waals surface area contributed by atoms with Crippen molar-refractivity contribution in [1.29, 1.82) is 5.26 Å². The second-order valence-corrected chi connectivity index (χ2v) is 7.99. The van der Waals surface area contributed by atoms with Crippen molar-refractivity contribution in [1.82, 2.24) is 0 Å². The van der Waals surface area contributed by atoms with Crippen molar-refractivity contribution < 1.29 is 19.2 Å². The fourth-order valence-electron chi connectivity index (χ4n) is 3.34. The van der Waals surface area contributed by atoms with Gasteiger partial charge in [0.2, 0.25) is 0 Å². The molecule has 9 heteroatoms. The van der Waals surface area contributed by atoms with Crippen LogP contribution in [0.1, 0.15) is 16.7 Å². The van der Waals surface area contributed by atoms with Gasteiger partial charge in [0, 0.05) is 28.4 Å². The largest absolute Gasteiger partial charge is 0.493 e. The zero-order valence-electron chi connectivity index (χ0n) is 19.4. The van der Waals surface area contributed by atoms with Crippen LogP contribution in [-0.4, -0.2) is 17.9 Å². The number of nitro benzene ring substituents is 1. The van der Waals surface area contributed by atoms with E-state index in [9.17, 15) is 20.2 Å². The number of methoxy groups -OCH3 is 1. The number of carbonyl (C=O) groups is 1. The van der Waals surface area contributed by atoms with Crippen molar-refractivity contribution in [2.24, 2.45) is 0 Å². The zero-order valence-corrected chi connectivity index (χ0v) is 20.1. The number of benzene rings is 3. The molecule has 1 amide bonds. The number of allylic oxidation sites excluding steroid dienone is 1. The van der Waals surface area contributed by atoms with Gasteiger partial charge in [-0.25, -0.2) is 0 Å². The van der Waals surface area contributed by atoms with E-state index in [0.29, 0.717) is 34.2 Å². The molecule has 0 unspecified atom stereocenters. The molecule has 1 N–H and O–H groups in total. The zero-order chi connectivity index (χ0) is 26.1. The Kier molecular flexibility index (Phi) is 8.81. The molecular weight excluding hydrogens is 482 g/mol. The summed E-state index contributed by atoms with van der Waals surface area (Å²) in [5.74, 6) is 0.285. The smallest absolute Gasteiger partial charge is 0.269 e. The minimum atomic E-state index is -0.581. The molecule has 3 rings (SSSR count). The summed E-state index contributed by atoms with van der Waals surface area (Å²) in [5, 5.41) is 23.6. The Bertz CT molecular complexity index is 1360. The normalized spacial score (nSPS) is 10.8. The lowest BCUT2D eigenvalue weighted by molar-refractivity contribution is -0.384. The van der Waals surface area contributed by atoms with Crippen molar-refractivity contribution in [3.63, 3.8) is 0 Å². The second kappa shape index (κ2) is 12.2. The fourth-order valence-corrected chi connectivity index (χ4v) is 3.53. The maximum atomic E-state index is 12.7. The molecule has 0 saturated carbocycles. The van der Waals surface area contributed by atoms with E-state index in [1.807, 2.05) is 6.07 Å². The molecule has 0 radical (unpaired) electrons. The van der Waals surface area contributed by atoms with E-state index in [1.165, 1.54) is 25.3 Å².